The summed E-state index contributed by atoms with van der Waals surface area (Å²) in [4.78, 5) is 25.8. The molecular formula is C24H28N2O4S. The number of carbonyl (C=O) groups excluding carboxylic acids is 2. The van der Waals surface area contributed by atoms with Gasteiger partial charge in [0, 0.05) is 37.8 Å². The van der Waals surface area contributed by atoms with E-state index < -0.39 is 10.0 Å². The third kappa shape index (κ3) is 5.48. The molecule has 0 atom stereocenters. The minimum absolute atomic E-state index is 0.102. The summed E-state index contributed by atoms with van der Waals surface area (Å²) in [7, 11) is -3.71. The van der Waals surface area contributed by atoms with Crippen LogP contribution in [0.5, 0.6) is 0 Å². The predicted octanol–water partition coefficient (Wildman–Crippen LogP) is 3.56. The number of rotatable bonds is 6. The predicted molar refractivity (Wildman–Crippen MR) is 121 cm³/mol. The highest BCUT2D eigenvalue weighted by molar-refractivity contribution is 7.89. The summed E-state index contributed by atoms with van der Waals surface area (Å²) in [6.07, 6.45) is 3.31. The molecule has 7 heteroatoms. The van der Waals surface area contributed by atoms with Crippen molar-refractivity contribution in [1.82, 2.24) is 9.21 Å². The molecule has 1 saturated heterocycles. The van der Waals surface area contributed by atoms with Crippen LogP contribution in [0.15, 0.2) is 59.5 Å². The number of piperazine rings is 1. The van der Waals surface area contributed by atoms with E-state index in [0.29, 0.717) is 24.6 Å². The van der Waals surface area contributed by atoms with Crippen LogP contribution in [0.3, 0.4) is 0 Å². The molecule has 0 radical (unpaired) electrons. The Balaban J connectivity index is 1.61. The van der Waals surface area contributed by atoms with E-state index in [-0.39, 0.29) is 29.7 Å². The average Bonchev–Trinajstić information content (AvgIpc) is 2.77. The van der Waals surface area contributed by atoms with Gasteiger partial charge in [0.1, 0.15) is 0 Å². The number of sulfonamides is 1. The molecule has 0 unspecified atom stereocenters. The topological polar surface area (TPSA) is 74.8 Å². The van der Waals surface area contributed by atoms with E-state index in [0.717, 1.165) is 5.56 Å². The molecule has 164 valence electrons. The standard InChI is InChI=1S/C24H28N2O4S/c1-18(2)21-10-7-20(8-11-21)9-12-24(28)25-13-15-26(16-14-25)31(29,30)23-6-4-5-22(17-23)19(3)27/h4-12,17-18H,13-16H2,1-3H3/b12-9+. The normalized spacial score (nSPS) is 15.5. The number of hydrogen-bond donors (Lipinski definition) is 0. The summed E-state index contributed by atoms with van der Waals surface area (Å²) in [6.45, 7) is 6.75. The maximum Gasteiger partial charge on any atom is 0.246 e. The van der Waals surface area contributed by atoms with Gasteiger partial charge in [-0.05, 0) is 42.2 Å². The van der Waals surface area contributed by atoms with Crippen molar-refractivity contribution in [2.75, 3.05) is 26.2 Å². The number of carbonyl (C=O) groups is 2. The lowest BCUT2D eigenvalue weighted by Crippen LogP contribution is -2.50. The summed E-state index contributed by atoms with van der Waals surface area (Å²) in [5, 5.41) is 0. The highest BCUT2D eigenvalue weighted by Gasteiger charge is 2.29. The van der Waals surface area contributed by atoms with Gasteiger partial charge in [-0.2, -0.15) is 4.31 Å². The zero-order valence-corrected chi connectivity index (χ0v) is 18.9. The van der Waals surface area contributed by atoms with Gasteiger partial charge in [-0.15, -0.1) is 0 Å². The van der Waals surface area contributed by atoms with Gasteiger partial charge in [0.05, 0.1) is 4.90 Å². The van der Waals surface area contributed by atoms with Gasteiger partial charge >= 0.3 is 0 Å². The molecule has 0 aliphatic carbocycles. The van der Waals surface area contributed by atoms with Crippen LogP contribution in [0.4, 0.5) is 0 Å². The summed E-state index contributed by atoms with van der Waals surface area (Å²) in [6, 6.07) is 14.1. The number of ketones is 1. The largest absolute Gasteiger partial charge is 0.337 e. The second kappa shape index (κ2) is 9.58. The Morgan fingerprint density at radius 2 is 1.61 bits per heavy atom. The summed E-state index contributed by atoms with van der Waals surface area (Å²) < 4.78 is 27.2. The molecule has 31 heavy (non-hydrogen) atoms. The molecule has 6 nitrogen and oxygen atoms in total. The minimum Gasteiger partial charge on any atom is -0.337 e. The van der Waals surface area contributed by atoms with Crippen LogP contribution in [-0.2, 0) is 14.8 Å². The Bertz CT molecular complexity index is 1080. The van der Waals surface area contributed by atoms with Crippen molar-refractivity contribution in [3.05, 3.63) is 71.3 Å². The lowest BCUT2D eigenvalue weighted by atomic mass is 10.0. The van der Waals surface area contributed by atoms with Crippen molar-refractivity contribution in [2.45, 2.75) is 31.6 Å². The van der Waals surface area contributed by atoms with E-state index in [1.807, 2.05) is 12.1 Å². The first-order valence-electron chi connectivity index (χ1n) is 10.4. The fourth-order valence-electron chi connectivity index (χ4n) is 3.44. The maximum atomic E-state index is 12.9. The van der Waals surface area contributed by atoms with Crippen molar-refractivity contribution in [1.29, 1.82) is 0 Å². The molecule has 0 spiro atoms. The van der Waals surface area contributed by atoms with Crippen molar-refractivity contribution < 1.29 is 18.0 Å². The SMILES string of the molecule is CC(=O)c1cccc(S(=O)(=O)N2CCN(C(=O)/C=C/c3ccc(C(C)C)cc3)CC2)c1. The smallest absolute Gasteiger partial charge is 0.246 e. The van der Waals surface area contributed by atoms with Gasteiger partial charge in [-0.1, -0.05) is 50.2 Å². The molecule has 0 bridgehead atoms. The number of benzene rings is 2. The third-order valence-electron chi connectivity index (χ3n) is 5.45. The van der Waals surface area contributed by atoms with Gasteiger partial charge in [-0.25, -0.2) is 8.42 Å². The zero-order chi connectivity index (χ0) is 22.6. The summed E-state index contributed by atoms with van der Waals surface area (Å²) in [5.41, 5.74) is 2.56. The first-order chi connectivity index (χ1) is 14.7. The lowest BCUT2D eigenvalue weighted by molar-refractivity contribution is -0.127. The van der Waals surface area contributed by atoms with E-state index in [1.165, 1.54) is 35.0 Å². The molecule has 1 amide bonds. The lowest BCUT2D eigenvalue weighted by Gasteiger charge is -2.33. The van der Waals surface area contributed by atoms with Crippen molar-refractivity contribution in [2.24, 2.45) is 0 Å². The van der Waals surface area contributed by atoms with E-state index >= 15 is 0 Å². The average molecular weight is 441 g/mol. The molecule has 1 aliphatic rings. The van der Waals surface area contributed by atoms with Crippen molar-refractivity contribution >= 4 is 27.8 Å². The summed E-state index contributed by atoms with van der Waals surface area (Å²) >= 11 is 0. The monoisotopic (exact) mass is 440 g/mol. The van der Waals surface area contributed by atoms with Crippen LogP contribution in [-0.4, -0.2) is 55.5 Å². The molecule has 0 aromatic heterocycles. The molecule has 2 aromatic carbocycles. The van der Waals surface area contributed by atoms with E-state index in [4.69, 9.17) is 0 Å². The maximum absolute atomic E-state index is 12.9. The zero-order valence-electron chi connectivity index (χ0n) is 18.1. The Morgan fingerprint density at radius 1 is 0.968 bits per heavy atom. The van der Waals surface area contributed by atoms with E-state index in [9.17, 15) is 18.0 Å². The third-order valence-corrected chi connectivity index (χ3v) is 7.34. The van der Waals surface area contributed by atoms with Gasteiger partial charge in [0.25, 0.3) is 0 Å². The van der Waals surface area contributed by atoms with Gasteiger partial charge in [-0.3, -0.25) is 9.59 Å². The highest BCUT2D eigenvalue weighted by Crippen LogP contribution is 2.20. The number of hydrogen-bond acceptors (Lipinski definition) is 4. The Hall–Kier alpha value is -2.77. The Kier molecular flexibility index (Phi) is 7.08. The number of nitrogens with zero attached hydrogens (tertiary/aromatic N) is 2. The quantitative estimate of drug-likeness (QED) is 0.509. The molecule has 1 fully saturated rings. The first-order valence-corrected chi connectivity index (χ1v) is 11.8. The van der Waals surface area contributed by atoms with Crippen LogP contribution in [0.25, 0.3) is 6.08 Å². The van der Waals surface area contributed by atoms with Gasteiger partial charge < -0.3 is 4.90 Å². The van der Waals surface area contributed by atoms with Crippen LogP contribution >= 0.6 is 0 Å². The van der Waals surface area contributed by atoms with E-state index in [1.54, 1.807) is 23.1 Å². The van der Waals surface area contributed by atoms with Crippen molar-refractivity contribution in [3.63, 3.8) is 0 Å². The molecule has 1 aliphatic heterocycles. The highest BCUT2D eigenvalue weighted by atomic mass is 32.2. The molecule has 0 N–H and O–H groups in total. The second-order valence-corrected chi connectivity index (χ2v) is 9.91. The minimum atomic E-state index is -3.71. The van der Waals surface area contributed by atoms with Crippen molar-refractivity contribution in [3.8, 4) is 0 Å². The molecule has 1 heterocycles. The molecule has 0 saturated carbocycles. The second-order valence-electron chi connectivity index (χ2n) is 7.97. The number of amides is 1. The van der Waals surface area contributed by atoms with E-state index in [2.05, 4.69) is 26.0 Å². The van der Waals surface area contributed by atoms with Gasteiger partial charge in [0.15, 0.2) is 5.78 Å². The molecule has 2 aromatic rings. The van der Waals surface area contributed by atoms with Crippen LogP contribution in [0.1, 0.15) is 48.2 Å². The molecular weight excluding hydrogens is 412 g/mol. The fourth-order valence-corrected chi connectivity index (χ4v) is 4.91. The van der Waals surface area contributed by atoms with Crippen LogP contribution < -0.4 is 0 Å². The Morgan fingerprint density at radius 3 is 2.19 bits per heavy atom. The van der Waals surface area contributed by atoms with Crippen LogP contribution in [0, 0.1) is 0 Å². The number of Topliss-reactive ketones (excluding diaryl/α,β-unsaturated/α-hetero) is 1. The molecule has 3 rings (SSSR count). The fraction of sp³-hybridized carbons (Fsp3) is 0.333. The van der Waals surface area contributed by atoms with Crippen LogP contribution in [0.2, 0.25) is 0 Å². The summed E-state index contributed by atoms with van der Waals surface area (Å²) in [5.74, 6) is 0.138. The van der Waals surface area contributed by atoms with Gasteiger partial charge in [0.2, 0.25) is 15.9 Å². The Labute approximate surface area is 184 Å². The first kappa shape index (κ1) is 22.9.